The van der Waals surface area contributed by atoms with E-state index in [1.54, 1.807) is 29.9 Å². The largest absolute Gasteiger partial charge is 0.461 e. The molecule has 0 unspecified atom stereocenters. The van der Waals surface area contributed by atoms with Crippen molar-refractivity contribution < 1.29 is 47.5 Å². The summed E-state index contributed by atoms with van der Waals surface area (Å²) in [6.07, 6.45) is 0.931. The summed E-state index contributed by atoms with van der Waals surface area (Å²) < 4.78 is 87.3. The normalized spacial score (nSPS) is 26.9. The number of carbonyl (C=O) groups excluding carboxylic acids is 2. The predicted molar refractivity (Wildman–Crippen MR) is 216 cm³/mol. The second-order valence-corrected chi connectivity index (χ2v) is 17.6. The second-order valence-electron chi connectivity index (χ2n) is 17.6. The molecule has 0 spiro atoms. The number of methoxy groups -OCH3 is 1. The molecule has 2 amide bonds. The first-order valence-electron chi connectivity index (χ1n) is 20.7. The number of halogens is 4. The topological polar surface area (TPSA) is 131 Å². The molecule has 4 atom stereocenters. The lowest BCUT2D eigenvalue weighted by Crippen LogP contribution is -2.60. The molecular weight excluding hydrogens is 787 g/mol. The molecule has 4 aromatic rings. The molecule has 2 aromatic heterocycles. The van der Waals surface area contributed by atoms with E-state index in [1.807, 2.05) is 6.92 Å². The molecule has 6 aliphatic heterocycles. The highest BCUT2D eigenvalue weighted by Gasteiger charge is 2.49. The highest BCUT2D eigenvalue weighted by Crippen LogP contribution is 2.43. The molecule has 10 rings (SSSR count). The van der Waals surface area contributed by atoms with Crippen molar-refractivity contribution in [2.45, 2.75) is 94.2 Å². The number of fused-ring (bicyclic) bond motifs is 7. The molecule has 322 valence electrons. The zero-order valence-electron chi connectivity index (χ0n) is 34.0. The Labute approximate surface area is 346 Å². The maximum Gasteiger partial charge on any atom is 0.415 e. The molecule has 6 aliphatic rings. The summed E-state index contributed by atoms with van der Waals surface area (Å²) in [5, 5.41) is 3.73. The van der Waals surface area contributed by atoms with E-state index < -0.39 is 47.2 Å². The summed E-state index contributed by atoms with van der Waals surface area (Å²) in [6, 6.07) is 5.67. The van der Waals surface area contributed by atoms with E-state index in [0.29, 0.717) is 49.7 Å². The molecule has 4 saturated heterocycles. The molecule has 0 aliphatic carbocycles. The minimum atomic E-state index is -1.42. The van der Waals surface area contributed by atoms with E-state index in [1.165, 1.54) is 24.4 Å². The fourth-order valence-corrected chi connectivity index (χ4v) is 9.96. The summed E-state index contributed by atoms with van der Waals surface area (Å²) >= 11 is 0. The molecule has 0 radical (unpaired) electrons. The average molecular weight is 838 g/mol. The minimum Gasteiger partial charge on any atom is -0.461 e. The predicted octanol–water partition coefficient (Wildman–Crippen LogP) is 7.30. The number of hydrogen-bond acceptors (Lipinski definition) is 11. The van der Waals surface area contributed by atoms with Crippen molar-refractivity contribution >= 4 is 39.7 Å². The Balaban J connectivity index is 0.00000514. The number of nitrogens with zero attached hydrogens (tertiary/aromatic N) is 6. The summed E-state index contributed by atoms with van der Waals surface area (Å²) in [6.45, 7) is 5.42. The molecule has 60 heavy (non-hydrogen) atoms. The highest BCUT2D eigenvalue weighted by molar-refractivity contribution is 6.02. The van der Waals surface area contributed by atoms with Crippen LogP contribution in [0.2, 0.25) is 0 Å². The summed E-state index contributed by atoms with van der Waals surface area (Å²) in [5.41, 5.74) is -2.11. The third-order valence-corrected chi connectivity index (χ3v) is 13.2. The van der Waals surface area contributed by atoms with E-state index in [2.05, 4.69) is 20.2 Å². The van der Waals surface area contributed by atoms with Crippen LogP contribution in [-0.4, -0.2) is 126 Å². The van der Waals surface area contributed by atoms with Gasteiger partial charge in [0.1, 0.15) is 47.5 Å². The standard InChI is InChI=1S/C43H49F4N7O6.H2/c1-41-18-26(44)21-53(23-41)37-31-20-48-35(34(47)36(31)49-38(50-37)59-24-43-9-5-12-54(43)22-27(45)19-43)30-17-28(60-40(56)52-13-10-42(2,57-3)11-14-52)16-25-7-8-32(46)29(33(25)30)6-4-15-58-39(55)51-41;/h7-8,16-17,20,26-27H,4-6,9-15,18-19,21-24H2,1-3H3,(H,51,55);1H/t26-,27-,41-,43+;/m1./s1. The van der Waals surface area contributed by atoms with Gasteiger partial charge in [0.05, 0.1) is 35.2 Å². The Morgan fingerprint density at radius 1 is 1.03 bits per heavy atom. The van der Waals surface area contributed by atoms with E-state index in [4.69, 9.17) is 23.9 Å². The maximum absolute atomic E-state index is 17.6. The van der Waals surface area contributed by atoms with E-state index in [-0.39, 0.29) is 104 Å². The number of amides is 2. The number of hydrogen-bond donors (Lipinski definition) is 1. The van der Waals surface area contributed by atoms with Gasteiger partial charge in [-0.15, -0.1) is 0 Å². The van der Waals surface area contributed by atoms with Gasteiger partial charge < -0.3 is 34.1 Å². The van der Waals surface area contributed by atoms with Crippen molar-refractivity contribution in [3.63, 3.8) is 0 Å². The lowest BCUT2D eigenvalue weighted by atomic mass is 9.90. The quantitative estimate of drug-likeness (QED) is 0.203. The van der Waals surface area contributed by atoms with Crippen molar-refractivity contribution in [3.05, 3.63) is 47.7 Å². The Bertz CT molecular complexity index is 2360. The van der Waals surface area contributed by atoms with Crippen LogP contribution in [0, 0.1) is 11.6 Å². The lowest BCUT2D eigenvalue weighted by molar-refractivity contribution is -0.0379. The number of carbonyl (C=O) groups is 2. The smallest absolute Gasteiger partial charge is 0.415 e. The van der Waals surface area contributed by atoms with Gasteiger partial charge in [0.25, 0.3) is 0 Å². The highest BCUT2D eigenvalue weighted by atomic mass is 19.1. The number of aryl methyl sites for hydroxylation is 1. The van der Waals surface area contributed by atoms with E-state index >= 15 is 13.2 Å². The van der Waals surface area contributed by atoms with Gasteiger partial charge in [-0.3, -0.25) is 9.88 Å². The first-order chi connectivity index (χ1) is 28.7. The van der Waals surface area contributed by atoms with Crippen molar-refractivity contribution in [2.24, 2.45) is 0 Å². The van der Waals surface area contributed by atoms with Crippen molar-refractivity contribution in [3.8, 4) is 23.0 Å². The van der Waals surface area contributed by atoms with Crippen LogP contribution in [0.4, 0.5) is 33.0 Å². The number of piperidine rings is 2. The Morgan fingerprint density at radius 3 is 2.63 bits per heavy atom. The van der Waals surface area contributed by atoms with Crippen molar-refractivity contribution in [2.75, 3.05) is 64.5 Å². The van der Waals surface area contributed by atoms with E-state index in [9.17, 15) is 14.0 Å². The molecule has 13 nitrogen and oxygen atoms in total. The fourth-order valence-electron chi connectivity index (χ4n) is 9.96. The number of pyridine rings is 1. The van der Waals surface area contributed by atoms with Gasteiger partial charge in [-0.25, -0.2) is 27.2 Å². The molecule has 1 N–H and O–H groups in total. The van der Waals surface area contributed by atoms with Crippen LogP contribution in [0.3, 0.4) is 0 Å². The van der Waals surface area contributed by atoms with Crippen LogP contribution in [0.25, 0.3) is 32.9 Å². The Morgan fingerprint density at radius 2 is 1.83 bits per heavy atom. The fraction of sp³-hybridized carbons (Fsp3) is 0.558. The van der Waals surface area contributed by atoms with Crippen molar-refractivity contribution in [1.82, 2.24) is 30.1 Å². The third kappa shape index (κ3) is 7.52. The van der Waals surface area contributed by atoms with Crippen LogP contribution >= 0.6 is 0 Å². The average Bonchev–Trinajstić information content (AvgIpc) is 3.74. The minimum absolute atomic E-state index is 0. The molecule has 0 saturated carbocycles. The molecule has 6 bridgehead atoms. The van der Waals surface area contributed by atoms with Gasteiger partial charge in [0.2, 0.25) is 0 Å². The molecular formula is C43H51F4N7O6. The Hall–Kier alpha value is -5.03. The van der Waals surface area contributed by atoms with Crippen LogP contribution in [-0.2, 0) is 15.9 Å². The van der Waals surface area contributed by atoms with Gasteiger partial charge >= 0.3 is 18.2 Å². The summed E-state index contributed by atoms with van der Waals surface area (Å²) in [7, 11) is 1.64. The van der Waals surface area contributed by atoms with Crippen molar-refractivity contribution in [1.29, 1.82) is 0 Å². The Kier molecular flexibility index (Phi) is 10.4. The third-order valence-electron chi connectivity index (χ3n) is 13.2. The van der Waals surface area contributed by atoms with Gasteiger partial charge in [-0.1, -0.05) is 6.07 Å². The van der Waals surface area contributed by atoms with Crippen LogP contribution in [0.15, 0.2) is 30.5 Å². The second kappa shape index (κ2) is 15.5. The summed E-state index contributed by atoms with van der Waals surface area (Å²) in [4.78, 5) is 45.9. The number of aromatic nitrogens is 3. The zero-order valence-corrected chi connectivity index (χ0v) is 34.0. The van der Waals surface area contributed by atoms with Gasteiger partial charge in [-0.05, 0) is 93.5 Å². The lowest BCUT2D eigenvalue weighted by Gasteiger charge is -2.42. The first kappa shape index (κ1) is 40.4. The number of alkyl halides is 2. The molecule has 4 fully saturated rings. The molecule has 17 heteroatoms. The molecule has 2 aromatic carbocycles. The SMILES string of the molecule is COC1(C)CCN(C(=O)Oc2cc3c4c(c(F)ccc4c2)CCCOC(=O)N[C@]2(C)C[C@@H](F)CN(C2)c2nc(OC[C@@]45CCCN4C[C@H](F)C5)nc4c(F)c-3ncc24)CC1.[HH]. The van der Waals surface area contributed by atoms with Crippen LogP contribution in [0.5, 0.6) is 11.8 Å². The monoisotopic (exact) mass is 837 g/mol. The van der Waals surface area contributed by atoms with E-state index in [0.717, 1.165) is 13.0 Å². The number of ether oxygens (including phenoxy) is 4. The number of nitrogens with one attached hydrogen (secondary N) is 1. The van der Waals surface area contributed by atoms with Gasteiger partial charge in [0.15, 0.2) is 5.82 Å². The number of benzene rings is 2. The van der Waals surface area contributed by atoms with Crippen LogP contribution < -0.4 is 19.7 Å². The number of rotatable bonds is 5. The molecule has 8 heterocycles. The van der Waals surface area contributed by atoms with Gasteiger partial charge in [0, 0.05) is 59.3 Å². The summed E-state index contributed by atoms with van der Waals surface area (Å²) in [5.74, 6) is -1.25. The zero-order chi connectivity index (χ0) is 42.0. The first-order valence-corrected chi connectivity index (χ1v) is 20.7. The maximum atomic E-state index is 17.6. The number of alkyl carbamates (subject to hydrolysis) is 1. The van der Waals surface area contributed by atoms with Gasteiger partial charge in [-0.2, -0.15) is 9.97 Å². The number of anilines is 1. The van der Waals surface area contributed by atoms with Crippen LogP contribution in [0.1, 0.15) is 65.8 Å². The number of likely N-dealkylation sites (tertiary alicyclic amines) is 1.